The summed E-state index contributed by atoms with van der Waals surface area (Å²) in [6.07, 6.45) is 0.988. The third-order valence-electron chi connectivity index (χ3n) is 2.26. The van der Waals surface area contributed by atoms with Crippen molar-refractivity contribution in [3.8, 4) is 0 Å². The zero-order chi connectivity index (χ0) is 9.84. The van der Waals surface area contributed by atoms with Crippen molar-refractivity contribution in [3.63, 3.8) is 0 Å². The third kappa shape index (κ3) is 2.31. The zero-order valence-corrected chi connectivity index (χ0v) is 7.95. The number of benzene rings is 1. The first-order chi connectivity index (χ1) is 6.15. The van der Waals surface area contributed by atoms with Crippen LogP contribution in [0.15, 0.2) is 24.3 Å². The second-order valence-corrected chi connectivity index (χ2v) is 3.16. The van der Waals surface area contributed by atoms with Gasteiger partial charge in [0.2, 0.25) is 0 Å². The molecule has 0 saturated carbocycles. The van der Waals surface area contributed by atoms with E-state index < -0.39 is 11.9 Å². The average Bonchev–Trinajstić information content (AvgIpc) is 2.17. The fourth-order valence-electron chi connectivity index (χ4n) is 1.18. The van der Waals surface area contributed by atoms with Crippen LogP contribution in [0.3, 0.4) is 0 Å². The maximum atomic E-state index is 10.7. The van der Waals surface area contributed by atoms with Gasteiger partial charge < -0.3 is 5.11 Å². The van der Waals surface area contributed by atoms with E-state index in [1.54, 1.807) is 6.92 Å². The number of carboxylic acids is 1. The molecule has 1 aromatic carbocycles. The maximum absolute atomic E-state index is 10.7. The van der Waals surface area contributed by atoms with Gasteiger partial charge in [0.05, 0.1) is 5.92 Å². The van der Waals surface area contributed by atoms with Gasteiger partial charge >= 0.3 is 5.97 Å². The van der Waals surface area contributed by atoms with Crippen LogP contribution in [-0.2, 0) is 11.2 Å². The van der Waals surface area contributed by atoms with E-state index in [9.17, 15) is 4.79 Å². The van der Waals surface area contributed by atoms with E-state index in [-0.39, 0.29) is 0 Å². The van der Waals surface area contributed by atoms with Gasteiger partial charge in [0.25, 0.3) is 0 Å². The molecule has 2 heteroatoms. The van der Waals surface area contributed by atoms with Gasteiger partial charge in [0.1, 0.15) is 0 Å². The first kappa shape index (κ1) is 9.78. The number of carbonyl (C=O) groups is 1. The van der Waals surface area contributed by atoms with Gasteiger partial charge in [-0.15, -0.1) is 0 Å². The first-order valence-electron chi connectivity index (χ1n) is 4.46. The Kier molecular flexibility index (Phi) is 3.07. The summed E-state index contributed by atoms with van der Waals surface area (Å²) in [7, 11) is 0. The summed E-state index contributed by atoms with van der Waals surface area (Å²) in [4.78, 5) is 10.7. The van der Waals surface area contributed by atoms with Gasteiger partial charge in [-0.3, -0.25) is 4.79 Å². The quantitative estimate of drug-likeness (QED) is 0.771. The summed E-state index contributed by atoms with van der Waals surface area (Å²) in [6.45, 7) is 3.78. The van der Waals surface area contributed by atoms with Gasteiger partial charge in [0.15, 0.2) is 0 Å². The van der Waals surface area contributed by atoms with E-state index in [4.69, 9.17) is 5.11 Å². The van der Waals surface area contributed by atoms with E-state index >= 15 is 0 Å². The molecule has 0 aliphatic heterocycles. The standard InChI is InChI=1S/C11H14O2/c1-3-9-4-6-10(7-5-9)8(2)11(12)13/h4-8H,3H2,1-2H3,(H,12,13). The molecule has 0 fully saturated rings. The second-order valence-electron chi connectivity index (χ2n) is 3.16. The van der Waals surface area contributed by atoms with E-state index in [1.165, 1.54) is 5.56 Å². The van der Waals surface area contributed by atoms with Crippen LogP contribution >= 0.6 is 0 Å². The van der Waals surface area contributed by atoms with Crippen LogP contribution < -0.4 is 0 Å². The van der Waals surface area contributed by atoms with Crippen molar-refractivity contribution in [2.75, 3.05) is 0 Å². The number of hydrogen-bond acceptors (Lipinski definition) is 1. The Morgan fingerprint density at radius 1 is 1.38 bits per heavy atom. The van der Waals surface area contributed by atoms with E-state index in [1.807, 2.05) is 24.3 Å². The lowest BCUT2D eigenvalue weighted by Gasteiger charge is -2.06. The molecule has 0 amide bonds. The Morgan fingerprint density at radius 3 is 2.31 bits per heavy atom. The molecule has 1 N–H and O–H groups in total. The summed E-state index contributed by atoms with van der Waals surface area (Å²) >= 11 is 0. The van der Waals surface area contributed by atoms with Crippen LogP contribution in [0.25, 0.3) is 0 Å². The van der Waals surface area contributed by atoms with Gasteiger partial charge in [-0.05, 0) is 24.5 Å². The van der Waals surface area contributed by atoms with E-state index in [2.05, 4.69) is 6.92 Å². The highest BCUT2D eigenvalue weighted by atomic mass is 16.4. The van der Waals surface area contributed by atoms with Crippen molar-refractivity contribution < 1.29 is 9.90 Å². The van der Waals surface area contributed by atoms with Crippen LogP contribution in [0.5, 0.6) is 0 Å². The molecule has 0 aliphatic rings. The van der Waals surface area contributed by atoms with Gasteiger partial charge in [-0.2, -0.15) is 0 Å². The predicted octanol–water partition coefficient (Wildman–Crippen LogP) is 2.44. The molecule has 1 atom stereocenters. The highest BCUT2D eigenvalue weighted by molar-refractivity contribution is 5.75. The molecular weight excluding hydrogens is 164 g/mol. The van der Waals surface area contributed by atoms with Crippen molar-refractivity contribution in [3.05, 3.63) is 35.4 Å². The van der Waals surface area contributed by atoms with Crippen LogP contribution in [0.4, 0.5) is 0 Å². The average molecular weight is 178 g/mol. The Morgan fingerprint density at radius 2 is 1.92 bits per heavy atom. The molecule has 1 unspecified atom stereocenters. The molecule has 1 aromatic rings. The van der Waals surface area contributed by atoms with E-state index in [0.717, 1.165) is 12.0 Å². The minimum atomic E-state index is -0.774. The highest BCUT2D eigenvalue weighted by Gasteiger charge is 2.12. The smallest absolute Gasteiger partial charge is 0.310 e. The fourth-order valence-corrected chi connectivity index (χ4v) is 1.18. The summed E-state index contributed by atoms with van der Waals surface area (Å²) in [6, 6.07) is 7.73. The minimum absolute atomic E-state index is 0.411. The van der Waals surface area contributed by atoms with Crippen molar-refractivity contribution >= 4 is 5.97 Å². The zero-order valence-electron chi connectivity index (χ0n) is 7.95. The molecular formula is C11H14O2. The van der Waals surface area contributed by atoms with Crippen molar-refractivity contribution in [2.45, 2.75) is 26.2 Å². The monoisotopic (exact) mass is 178 g/mol. The number of hydrogen-bond donors (Lipinski definition) is 1. The molecule has 13 heavy (non-hydrogen) atoms. The maximum Gasteiger partial charge on any atom is 0.310 e. The van der Waals surface area contributed by atoms with Gasteiger partial charge in [0, 0.05) is 0 Å². The van der Waals surface area contributed by atoms with Crippen LogP contribution in [0.2, 0.25) is 0 Å². The molecule has 0 aliphatic carbocycles. The molecule has 0 spiro atoms. The van der Waals surface area contributed by atoms with Crippen molar-refractivity contribution in [2.24, 2.45) is 0 Å². The third-order valence-corrected chi connectivity index (χ3v) is 2.26. The Labute approximate surface area is 78.2 Å². The molecule has 70 valence electrons. The number of rotatable bonds is 3. The largest absolute Gasteiger partial charge is 0.481 e. The Balaban J connectivity index is 2.85. The lowest BCUT2D eigenvalue weighted by Crippen LogP contribution is -2.07. The number of aryl methyl sites for hydroxylation is 1. The molecule has 0 saturated heterocycles. The van der Waals surface area contributed by atoms with Gasteiger partial charge in [-0.1, -0.05) is 31.2 Å². The molecule has 2 nitrogen and oxygen atoms in total. The molecule has 1 rings (SSSR count). The second kappa shape index (κ2) is 4.08. The SMILES string of the molecule is CCc1ccc(C(C)C(=O)O)cc1. The molecule has 0 heterocycles. The summed E-state index contributed by atoms with van der Waals surface area (Å²) in [5.74, 6) is -1.19. The summed E-state index contributed by atoms with van der Waals surface area (Å²) < 4.78 is 0. The predicted molar refractivity (Wildman–Crippen MR) is 51.9 cm³/mol. The van der Waals surface area contributed by atoms with Crippen LogP contribution in [0, 0.1) is 0 Å². The van der Waals surface area contributed by atoms with E-state index in [0.29, 0.717) is 0 Å². The fraction of sp³-hybridized carbons (Fsp3) is 0.364. The van der Waals surface area contributed by atoms with Crippen molar-refractivity contribution in [1.82, 2.24) is 0 Å². The molecule has 0 aromatic heterocycles. The Hall–Kier alpha value is -1.31. The van der Waals surface area contributed by atoms with Crippen LogP contribution in [0.1, 0.15) is 30.9 Å². The number of carboxylic acid groups (broad SMARTS) is 1. The summed E-state index contributed by atoms with van der Waals surface area (Å²) in [5, 5.41) is 8.76. The van der Waals surface area contributed by atoms with Crippen molar-refractivity contribution in [1.29, 1.82) is 0 Å². The lowest BCUT2D eigenvalue weighted by molar-refractivity contribution is -0.138. The lowest BCUT2D eigenvalue weighted by atomic mass is 10.00. The normalized spacial score (nSPS) is 12.5. The summed E-state index contributed by atoms with van der Waals surface area (Å²) in [5.41, 5.74) is 2.10. The van der Waals surface area contributed by atoms with Gasteiger partial charge in [-0.25, -0.2) is 0 Å². The molecule has 0 radical (unpaired) electrons. The molecule has 0 bridgehead atoms. The number of aliphatic carboxylic acids is 1. The highest BCUT2D eigenvalue weighted by Crippen LogP contribution is 2.15. The minimum Gasteiger partial charge on any atom is -0.481 e. The Bertz CT molecular complexity index is 287. The first-order valence-corrected chi connectivity index (χ1v) is 4.46. The van der Waals surface area contributed by atoms with Crippen LogP contribution in [-0.4, -0.2) is 11.1 Å². The topological polar surface area (TPSA) is 37.3 Å².